The fraction of sp³-hybridized carbons (Fsp3) is 0.545. The first-order valence-corrected chi connectivity index (χ1v) is 16.5. The van der Waals surface area contributed by atoms with Crippen LogP contribution in [0.4, 0.5) is 4.79 Å². The van der Waals surface area contributed by atoms with Gasteiger partial charge in [0, 0.05) is 48.5 Å². The van der Waals surface area contributed by atoms with Gasteiger partial charge >= 0.3 is 6.03 Å². The van der Waals surface area contributed by atoms with E-state index in [0.29, 0.717) is 31.5 Å². The summed E-state index contributed by atoms with van der Waals surface area (Å²) in [5.74, 6) is 0.476. The molecule has 6 rings (SSSR count). The van der Waals surface area contributed by atoms with E-state index in [-0.39, 0.29) is 11.9 Å². The smallest absolute Gasteiger partial charge is 0.318 e. The number of likely N-dealkylation sites (tertiary alicyclic amines) is 3. The quantitative estimate of drug-likeness (QED) is 0.369. The molecule has 3 aliphatic heterocycles. The summed E-state index contributed by atoms with van der Waals surface area (Å²) in [6.07, 6.45) is 10.1. The van der Waals surface area contributed by atoms with Gasteiger partial charge in [-0.3, -0.25) is 9.89 Å². The van der Waals surface area contributed by atoms with Gasteiger partial charge in [-0.15, -0.1) is 0 Å². The van der Waals surface area contributed by atoms with E-state index >= 15 is 0 Å². The molecule has 2 aromatic carbocycles. The van der Waals surface area contributed by atoms with Crippen LogP contribution in [0.25, 0.3) is 10.9 Å². The van der Waals surface area contributed by atoms with Crippen LogP contribution in [0.5, 0.6) is 0 Å². The van der Waals surface area contributed by atoms with Crippen molar-refractivity contribution in [3.63, 3.8) is 0 Å². The minimum Gasteiger partial charge on any atom is -0.341 e. The summed E-state index contributed by atoms with van der Waals surface area (Å²) in [7, 11) is 0. The normalized spacial score (nSPS) is 20.1. The molecule has 0 radical (unpaired) electrons. The summed E-state index contributed by atoms with van der Waals surface area (Å²) in [6, 6.07) is 12.5. The molecule has 0 spiro atoms. The zero-order valence-corrected chi connectivity index (χ0v) is 26.2. The molecule has 42 heavy (non-hydrogen) atoms. The lowest BCUT2D eigenvalue weighted by atomic mass is 9.89. The predicted octanol–water partition coefficient (Wildman–Crippen LogP) is 5.61. The average molecular weight is 636 g/mol. The van der Waals surface area contributed by atoms with E-state index in [9.17, 15) is 9.59 Å². The monoisotopic (exact) mass is 634 g/mol. The molecule has 3 aliphatic rings. The molecular formula is C33H43BrN6O2. The summed E-state index contributed by atoms with van der Waals surface area (Å²) < 4.78 is 1.09. The Morgan fingerprint density at radius 2 is 1.71 bits per heavy atom. The maximum atomic E-state index is 14.0. The number of hydrogen-bond acceptors (Lipinski definition) is 4. The lowest BCUT2D eigenvalue weighted by molar-refractivity contribution is -0.134. The van der Waals surface area contributed by atoms with Gasteiger partial charge in [0.05, 0.1) is 11.7 Å². The maximum Gasteiger partial charge on any atom is 0.318 e. The van der Waals surface area contributed by atoms with Crippen molar-refractivity contribution in [1.29, 1.82) is 0 Å². The molecule has 224 valence electrons. The van der Waals surface area contributed by atoms with Gasteiger partial charge in [-0.25, -0.2) is 4.79 Å². The molecule has 0 aliphatic carbocycles. The first kappa shape index (κ1) is 29.2. The number of fused-ring (bicyclic) bond motifs is 1. The van der Waals surface area contributed by atoms with Gasteiger partial charge in [0.25, 0.3) is 0 Å². The number of carbonyl (C=O) groups excluding carboxylic acids is 2. The number of benzene rings is 2. The number of urea groups is 1. The summed E-state index contributed by atoms with van der Waals surface area (Å²) >= 11 is 3.59. The van der Waals surface area contributed by atoms with E-state index in [1.54, 1.807) is 0 Å². The lowest BCUT2D eigenvalue weighted by Gasteiger charge is -2.41. The third kappa shape index (κ3) is 6.67. The highest BCUT2D eigenvalue weighted by molar-refractivity contribution is 9.10. The van der Waals surface area contributed by atoms with E-state index in [1.807, 2.05) is 22.1 Å². The molecular weight excluding hydrogens is 592 g/mol. The fourth-order valence-electron chi connectivity index (χ4n) is 7.24. The highest BCUT2D eigenvalue weighted by Crippen LogP contribution is 2.30. The minimum atomic E-state index is -0.601. The predicted molar refractivity (Wildman–Crippen MR) is 170 cm³/mol. The summed E-state index contributed by atoms with van der Waals surface area (Å²) in [6.45, 7) is 7.31. The Bertz CT molecular complexity index is 1390. The zero-order chi connectivity index (χ0) is 29.1. The van der Waals surface area contributed by atoms with Crippen molar-refractivity contribution in [3.05, 3.63) is 63.8 Å². The number of aromatic amines is 1. The molecule has 0 bridgehead atoms. The molecule has 3 saturated heterocycles. The van der Waals surface area contributed by atoms with Gasteiger partial charge in [-0.1, -0.05) is 40.5 Å². The van der Waals surface area contributed by atoms with Gasteiger partial charge in [0.1, 0.15) is 6.04 Å². The number of hydrogen-bond donors (Lipinski definition) is 2. The second-order valence-corrected chi connectivity index (χ2v) is 13.3. The van der Waals surface area contributed by atoms with Crippen molar-refractivity contribution in [2.75, 3.05) is 39.3 Å². The summed E-state index contributed by atoms with van der Waals surface area (Å²) in [5, 5.41) is 11.5. The third-order valence-electron chi connectivity index (χ3n) is 9.63. The van der Waals surface area contributed by atoms with Gasteiger partial charge in [0.2, 0.25) is 5.91 Å². The van der Waals surface area contributed by atoms with Gasteiger partial charge < -0.3 is 20.0 Å². The lowest BCUT2D eigenvalue weighted by Crippen LogP contribution is -2.56. The van der Waals surface area contributed by atoms with Crippen molar-refractivity contribution < 1.29 is 9.59 Å². The standard InChI is InChI=1S/C33H43BrN6O2/c1-23-18-24(19-27-22-35-37-31(23)27)20-30(32(41)39-16-10-29(11-17-39)38-12-3-2-4-13-38)36-33(42)40-14-8-25(9-15-40)26-6-5-7-28(34)21-26/h5-7,18-19,21-22,25,29-30H,2-4,8-17,20H2,1H3,(H,35,37)(H,36,42)/t30-/m1/s1. The van der Waals surface area contributed by atoms with Crippen LogP contribution in [0.3, 0.4) is 0 Å². The molecule has 0 saturated carbocycles. The number of aryl methyl sites for hydroxylation is 1. The fourth-order valence-corrected chi connectivity index (χ4v) is 7.66. The number of carbonyl (C=O) groups is 2. The number of rotatable bonds is 6. The largest absolute Gasteiger partial charge is 0.341 e. The van der Waals surface area contributed by atoms with Crippen molar-refractivity contribution in [2.24, 2.45) is 0 Å². The highest BCUT2D eigenvalue weighted by Gasteiger charge is 2.33. The molecule has 3 amide bonds. The Morgan fingerprint density at radius 3 is 2.45 bits per heavy atom. The molecule has 3 fully saturated rings. The SMILES string of the molecule is Cc1cc(C[C@@H](NC(=O)N2CCC(c3cccc(Br)c3)CC2)C(=O)N2CCC(N3CCCCC3)CC2)cc2cn[nH]c12. The van der Waals surface area contributed by atoms with Crippen LogP contribution >= 0.6 is 15.9 Å². The van der Waals surface area contributed by atoms with Crippen molar-refractivity contribution in [1.82, 2.24) is 30.2 Å². The van der Waals surface area contributed by atoms with E-state index in [0.717, 1.165) is 65.3 Å². The number of amides is 3. The number of aromatic nitrogens is 2. The van der Waals surface area contributed by atoms with Crippen molar-refractivity contribution >= 4 is 38.8 Å². The van der Waals surface area contributed by atoms with Crippen LogP contribution in [0.15, 0.2) is 47.1 Å². The van der Waals surface area contributed by atoms with Crippen LogP contribution in [0.1, 0.15) is 67.6 Å². The Labute approximate surface area is 257 Å². The Morgan fingerprint density at radius 1 is 0.976 bits per heavy atom. The maximum absolute atomic E-state index is 14.0. The Balaban J connectivity index is 1.13. The number of nitrogens with zero attached hydrogens (tertiary/aromatic N) is 4. The highest BCUT2D eigenvalue weighted by atomic mass is 79.9. The van der Waals surface area contributed by atoms with Gasteiger partial charge in [-0.05, 0) is 99.3 Å². The first-order valence-electron chi connectivity index (χ1n) is 15.7. The third-order valence-corrected chi connectivity index (χ3v) is 10.1. The molecule has 4 heterocycles. The molecule has 8 nitrogen and oxygen atoms in total. The van der Waals surface area contributed by atoms with Crippen LogP contribution in [0.2, 0.25) is 0 Å². The topological polar surface area (TPSA) is 84.6 Å². The van der Waals surface area contributed by atoms with E-state index < -0.39 is 6.04 Å². The van der Waals surface area contributed by atoms with Gasteiger partial charge in [0.15, 0.2) is 0 Å². The van der Waals surface area contributed by atoms with E-state index in [2.05, 4.69) is 73.6 Å². The Kier molecular flexibility index (Phi) is 9.14. The number of halogens is 1. The van der Waals surface area contributed by atoms with Crippen LogP contribution in [-0.4, -0.2) is 88.2 Å². The molecule has 0 unspecified atom stereocenters. The Hall–Kier alpha value is -2.91. The number of H-pyrrole nitrogens is 1. The second-order valence-electron chi connectivity index (χ2n) is 12.4. The number of nitrogens with one attached hydrogen (secondary N) is 2. The summed E-state index contributed by atoms with van der Waals surface area (Å²) in [4.78, 5) is 34.1. The van der Waals surface area contributed by atoms with Crippen LogP contribution in [-0.2, 0) is 11.2 Å². The minimum absolute atomic E-state index is 0.0365. The number of piperidine rings is 3. The van der Waals surface area contributed by atoms with Gasteiger partial charge in [-0.2, -0.15) is 5.10 Å². The first-order chi connectivity index (χ1) is 20.4. The molecule has 1 aromatic heterocycles. The van der Waals surface area contributed by atoms with Crippen molar-refractivity contribution in [3.8, 4) is 0 Å². The summed E-state index contributed by atoms with van der Waals surface area (Å²) in [5.41, 5.74) is 4.46. The zero-order valence-electron chi connectivity index (χ0n) is 24.7. The molecule has 9 heteroatoms. The van der Waals surface area contributed by atoms with Crippen molar-refractivity contribution in [2.45, 2.75) is 76.3 Å². The van der Waals surface area contributed by atoms with Crippen LogP contribution in [0, 0.1) is 6.92 Å². The van der Waals surface area contributed by atoms with E-state index in [1.165, 1.54) is 37.9 Å². The molecule has 2 N–H and O–H groups in total. The van der Waals surface area contributed by atoms with E-state index in [4.69, 9.17) is 0 Å². The molecule has 3 aromatic rings. The molecule has 1 atom stereocenters. The van der Waals surface area contributed by atoms with Crippen LogP contribution < -0.4 is 5.32 Å². The second kappa shape index (κ2) is 13.2. The average Bonchev–Trinajstić information content (AvgIpc) is 3.50.